The Balaban J connectivity index is 1.74. The molecule has 1 heterocycles. The Morgan fingerprint density at radius 1 is 1.19 bits per heavy atom. The monoisotopic (exact) mass is 220 g/mol. The maximum atomic E-state index is 12.0. The molecule has 0 aromatic rings. The minimum absolute atomic E-state index is 0.0599. The van der Waals surface area contributed by atoms with Gasteiger partial charge in [0.2, 0.25) is 0 Å². The van der Waals surface area contributed by atoms with Crippen LogP contribution in [0, 0.1) is 23.7 Å². The third-order valence-corrected chi connectivity index (χ3v) is 5.49. The van der Waals surface area contributed by atoms with Gasteiger partial charge in [-0.15, -0.1) is 0 Å². The molecule has 1 saturated heterocycles. The Hall–Kier alpha value is -1.06. The molecule has 2 bridgehead atoms. The van der Waals surface area contributed by atoms with Gasteiger partial charge in [-0.1, -0.05) is 6.42 Å². The van der Waals surface area contributed by atoms with Crippen LogP contribution in [0.1, 0.15) is 32.1 Å². The third-order valence-electron chi connectivity index (χ3n) is 5.49. The smallest absolute Gasteiger partial charge is 0.322 e. The zero-order valence-corrected chi connectivity index (χ0v) is 9.16. The summed E-state index contributed by atoms with van der Waals surface area (Å²) in [6.45, 7) is 0. The maximum Gasteiger partial charge on any atom is 0.322 e. The second-order valence-electron chi connectivity index (χ2n) is 5.94. The van der Waals surface area contributed by atoms with Crippen molar-refractivity contribution in [3.05, 3.63) is 0 Å². The highest BCUT2D eigenvalue weighted by Crippen LogP contribution is 2.62. The van der Waals surface area contributed by atoms with Gasteiger partial charge in [-0.3, -0.25) is 10.1 Å². The molecule has 3 aliphatic carbocycles. The fourth-order valence-electron chi connectivity index (χ4n) is 5.05. The average molecular weight is 220 g/mol. The van der Waals surface area contributed by atoms with E-state index in [0.717, 1.165) is 18.8 Å². The summed E-state index contributed by atoms with van der Waals surface area (Å²) in [5, 5.41) is 5.35. The Morgan fingerprint density at radius 2 is 2.00 bits per heavy atom. The number of urea groups is 1. The van der Waals surface area contributed by atoms with Crippen LogP contribution < -0.4 is 10.6 Å². The standard InChI is InChI=1S/C12H16N2O2/c15-10-12(14-11(16)13-10)5-6-4-9(12)8-3-1-2-7(6)8/h6-9H,1-5H2,(H2,13,14,15,16). The van der Waals surface area contributed by atoms with E-state index in [0.29, 0.717) is 17.8 Å². The van der Waals surface area contributed by atoms with Gasteiger partial charge in [0.05, 0.1) is 0 Å². The highest BCUT2D eigenvalue weighted by Gasteiger charge is 2.66. The summed E-state index contributed by atoms with van der Waals surface area (Å²) in [6.07, 6.45) is 5.96. The van der Waals surface area contributed by atoms with E-state index in [1.807, 2.05) is 0 Å². The number of fused-ring (bicyclic) bond motifs is 6. The molecule has 4 heteroatoms. The lowest BCUT2D eigenvalue weighted by molar-refractivity contribution is -0.126. The van der Waals surface area contributed by atoms with Crippen molar-refractivity contribution in [1.82, 2.24) is 10.6 Å². The van der Waals surface area contributed by atoms with E-state index in [1.165, 1.54) is 19.3 Å². The Morgan fingerprint density at radius 3 is 2.75 bits per heavy atom. The van der Waals surface area contributed by atoms with Crippen LogP contribution in [0.5, 0.6) is 0 Å². The first-order valence-electron chi connectivity index (χ1n) is 6.34. The molecule has 3 amide bonds. The molecule has 3 saturated carbocycles. The van der Waals surface area contributed by atoms with Gasteiger partial charge in [-0.2, -0.15) is 0 Å². The summed E-state index contributed by atoms with van der Waals surface area (Å²) in [7, 11) is 0. The predicted molar refractivity (Wildman–Crippen MR) is 56.5 cm³/mol. The maximum absolute atomic E-state index is 12.0. The second-order valence-corrected chi connectivity index (χ2v) is 5.94. The summed E-state index contributed by atoms with van der Waals surface area (Å²) in [5.74, 6) is 2.58. The molecule has 0 radical (unpaired) electrons. The molecule has 4 aliphatic rings. The van der Waals surface area contributed by atoms with Gasteiger partial charge < -0.3 is 5.32 Å². The molecule has 16 heavy (non-hydrogen) atoms. The van der Waals surface area contributed by atoms with Crippen LogP contribution in [-0.2, 0) is 4.79 Å². The summed E-state index contributed by atoms with van der Waals surface area (Å²) >= 11 is 0. The Bertz CT molecular complexity index is 394. The van der Waals surface area contributed by atoms with Gasteiger partial charge in [-0.25, -0.2) is 4.79 Å². The normalized spacial score (nSPS) is 53.2. The summed E-state index contributed by atoms with van der Waals surface area (Å²) in [4.78, 5) is 23.3. The van der Waals surface area contributed by atoms with Crippen LogP contribution >= 0.6 is 0 Å². The van der Waals surface area contributed by atoms with Crippen molar-refractivity contribution in [2.45, 2.75) is 37.6 Å². The number of imide groups is 1. The molecule has 0 aromatic carbocycles. The summed E-state index contributed by atoms with van der Waals surface area (Å²) < 4.78 is 0. The molecule has 5 unspecified atom stereocenters. The van der Waals surface area contributed by atoms with Crippen molar-refractivity contribution >= 4 is 11.9 Å². The van der Waals surface area contributed by atoms with E-state index in [9.17, 15) is 9.59 Å². The van der Waals surface area contributed by atoms with Gasteiger partial charge in [0.15, 0.2) is 0 Å². The lowest BCUT2D eigenvalue weighted by Gasteiger charge is -2.37. The van der Waals surface area contributed by atoms with Gasteiger partial charge in [0.1, 0.15) is 5.54 Å². The largest absolute Gasteiger partial charge is 0.323 e. The molecule has 86 valence electrons. The fraction of sp³-hybridized carbons (Fsp3) is 0.833. The highest BCUT2D eigenvalue weighted by atomic mass is 16.2. The van der Waals surface area contributed by atoms with Crippen molar-refractivity contribution in [3.8, 4) is 0 Å². The van der Waals surface area contributed by atoms with Crippen molar-refractivity contribution in [1.29, 1.82) is 0 Å². The topological polar surface area (TPSA) is 58.2 Å². The lowest BCUT2D eigenvalue weighted by Crippen LogP contribution is -2.54. The molecule has 1 spiro atoms. The van der Waals surface area contributed by atoms with E-state index >= 15 is 0 Å². The lowest BCUT2D eigenvalue weighted by atomic mass is 9.71. The Kier molecular flexibility index (Phi) is 1.47. The molecule has 1 aliphatic heterocycles. The van der Waals surface area contributed by atoms with Crippen LogP contribution in [0.15, 0.2) is 0 Å². The van der Waals surface area contributed by atoms with Crippen LogP contribution in [0.2, 0.25) is 0 Å². The van der Waals surface area contributed by atoms with Crippen molar-refractivity contribution in [2.75, 3.05) is 0 Å². The number of amides is 3. The van der Waals surface area contributed by atoms with Crippen molar-refractivity contribution < 1.29 is 9.59 Å². The fourth-order valence-corrected chi connectivity index (χ4v) is 5.05. The van der Waals surface area contributed by atoms with Gasteiger partial charge >= 0.3 is 6.03 Å². The van der Waals surface area contributed by atoms with Crippen LogP contribution in [0.25, 0.3) is 0 Å². The zero-order valence-electron chi connectivity index (χ0n) is 9.16. The number of hydrogen-bond donors (Lipinski definition) is 2. The SMILES string of the molecule is O=C1NC(=O)C2(CC3CC2C2CCCC32)N1. The first kappa shape index (κ1) is 9.02. The van der Waals surface area contributed by atoms with Crippen LogP contribution in [-0.4, -0.2) is 17.5 Å². The van der Waals surface area contributed by atoms with E-state index < -0.39 is 5.54 Å². The average Bonchev–Trinajstić information content (AvgIpc) is 2.89. The third kappa shape index (κ3) is 0.837. The second kappa shape index (κ2) is 2.60. The highest BCUT2D eigenvalue weighted by molar-refractivity contribution is 6.07. The number of hydrogen-bond acceptors (Lipinski definition) is 2. The van der Waals surface area contributed by atoms with Gasteiger partial charge in [0.25, 0.3) is 5.91 Å². The summed E-state index contributed by atoms with van der Waals surface area (Å²) in [6, 6.07) is -0.285. The Labute approximate surface area is 94.2 Å². The number of carbonyl (C=O) groups is 2. The molecular weight excluding hydrogens is 204 g/mol. The molecular formula is C12H16N2O2. The first-order chi connectivity index (χ1) is 7.71. The molecule has 0 aromatic heterocycles. The minimum atomic E-state index is -0.521. The quantitative estimate of drug-likeness (QED) is 0.599. The zero-order chi connectivity index (χ0) is 10.9. The van der Waals surface area contributed by atoms with Gasteiger partial charge in [0, 0.05) is 0 Å². The number of rotatable bonds is 0. The van der Waals surface area contributed by atoms with Crippen molar-refractivity contribution in [2.24, 2.45) is 23.7 Å². The minimum Gasteiger partial charge on any atom is -0.323 e. The number of carbonyl (C=O) groups excluding carboxylic acids is 2. The van der Waals surface area contributed by atoms with Gasteiger partial charge in [-0.05, 0) is 49.4 Å². The predicted octanol–water partition coefficient (Wildman–Crippen LogP) is 1.02. The molecule has 5 atom stereocenters. The number of nitrogens with one attached hydrogen (secondary N) is 2. The molecule has 4 nitrogen and oxygen atoms in total. The summed E-state index contributed by atoms with van der Waals surface area (Å²) in [5.41, 5.74) is -0.521. The van der Waals surface area contributed by atoms with Crippen LogP contribution in [0.3, 0.4) is 0 Å². The molecule has 4 rings (SSSR count). The van der Waals surface area contributed by atoms with E-state index in [2.05, 4.69) is 10.6 Å². The van der Waals surface area contributed by atoms with E-state index in [1.54, 1.807) is 0 Å². The molecule has 2 N–H and O–H groups in total. The van der Waals surface area contributed by atoms with Crippen LogP contribution in [0.4, 0.5) is 4.79 Å². The molecule has 4 fully saturated rings. The van der Waals surface area contributed by atoms with Crippen molar-refractivity contribution in [3.63, 3.8) is 0 Å². The first-order valence-corrected chi connectivity index (χ1v) is 6.34. The van der Waals surface area contributed by atoms with E-state index in [4.69, 9.17) is 0 Å². The van der Waals surface area contributed by atoms with E-state index in [-0.39, 0.29) is 11.9 Å².